The predicted octanol–water partition coefficient (Wildman–Crippen LogP) is 3.63. The number of rotatable bonds is 1. The molecule has 2 aromatic carbocycles. The molecule has 25 heavy (non-hydrogen) atoms. The quantitative estimate of drug-likeness (QED) is 0.407. The first kappa shape index (κ1) is 14.8. The van der Waals surface area contributed by atoms with Gasteiger partial charge in [0.1, 0.15) is 0 Å². The number of pyridine rings is 1. The van der Waals surface area contributed by atoms with Crippen LogP contribution >= 0.6 is 0 Å². The third kappa shape index (κ3) is 2.03. The second kappa shape index (κ2) is 5.25. The van der Waals surface area contributed by atoms with Crippen LogP contribution in [0.15, 0.2) is 54.7 Å². The van der Waals surface area contributed by atoms with Crippen LogP contribution in [0.1, 0.15) is 25.3 Å². The second-order valence-electron chi connectivity index (χ2n) is 6.52. The fraction of sp³-hybridized carbons (Fsp3) is 0.150. The molecule has 0 amide bonds. The molecule has 0 N–H and O–H groups in total. The van der Waals surface area contributed by atoms with Gasteiger partial charge in [0, 0.05) is 0 Å². The van der Waals surface area contributed by atoms with E-state index < -0.39 is 13.8 Å². The van der Waals surface area contributed by atoms with Crippen LogP contribution in [0.4, 0.5) is 17.2 Å². The number of anilines is 3. The Morgan fingerprint density at radius 1 is 1.04 bits per heavy atom. The molecule has 3 aromatic rings. The van der Waals surface area contributed by atoms with Gasteiger partial charge in [-0.1, -0.05) is 0 Å². The van der Waals surface area contributed by atoms with Gasteiger partial charge in [0.25, 0.3) is 0 Å². The molecule has 1 aromatic heterocycles. The summed E-state index contributed by atoms with van der Waals surface area (Å²) in [5.74, 6) is 2.71. The molecule has 0 bridgehead atoms. The van der Waals surface area contributed by atoms with Crippen molar-refractivity contribution < 1.29 is 8.57 Å². The van der Waals surface area contributed by atoms with Crippen LogP contribution in [-0.4, -0.2) is 18.8 Å². The van der Waals surface area contributed by atoms with E-state index in [1.165, 1.54) is 5.56 Å². The Bertz CT molecular complexity index is 1050. The zero-order valence-electron chi connectivity index (χ0n) is 13.9. The maximum atomic E-state index is 13.1. The maximum absolute atomic E-state index is 13.1. The van der Waals surface area contributed by atoms with Crippen LogP contribution in [0.3, 0.4) is 0 Å². The van der Waals surface area contributed by atoms with Gasteiger partial charge >= 0.3 is 150 Å². The Balaban J connectivity index is 1.85. The zero-order chi connectivity index (χ0) is 17.1. The number of ether oxygens (including phenoxy) is 1. The number of fused-ring (bicyclic) bond motifs is 4. The summed E-state index contributed by atoms with van der Waals surface area (Å²) < 4.78 is 20.9. The molecule has 0 radical (unpaired) electrons. The normalized spacial score (nSPS) is 16.8. The zero-order valence-corrected chi connectivity index (χ0v) is 15.6. The molecule has 124 valence electrons. The van der Waals surface area contributed by atoms with E-state index in [9.17, 15) is 3.83 Å². The third-order valence-corrected chi connectivity index (χ3v) is 7.69. The molecule has 0 fully saturated rings. The molecule has 0 saturated carbocycles. The molecule has 1 unspecified atom stereocenters. The van der Waals surface area contributed by atoms with Crippen LogP contribution in [0, 0.1) is 0 Å². The van der Waals surface area contributed by atoms with E-state index in [0.717, 1.165) is 37.6 Å². The Labute approximate surface area is 150 Å². The minimum atomic E-state index is -2.36. The van der Waals surface area contributed by atoms with Gasteiger partial charge < -0.3 is 0 Å². The molecule has 0 aliphatic carbocycles. The summed E-state index contributed by atoms with van der Waals surface area (Å²) in [6.07, 6.45) is 1.76. The van der Waals surface area contributed by atoms with Crippen LogP contribution in [0.5, 0.6) is 11.5 Å². The molecule has 2 aliphatic rings. The van der Waals surface area contributed by atoms with Crippen molar-refractivity contribution in [3.8, 4) is 11.5 Å². The van der Waals surface area contributed by atoms with E-state index in [4.69, 9.17) is 4.74 Å². The summed E-state index contributed by atoms with van der Waals surface area (Å²) in [5, 5.41) is 0. The molecular weight excluding hydrogens is 379 g/mol. The van der Waals surface area contributed by atoms with Crippen LogP contribution in [-0.2, 0) is 3.83 Å². The van der Waals surface area contributed by atoms with Crippen molar-refractivity contribution in [1.29, 1.82) is 0 Å². The summed E-state index contributed by atoms with van der Waals surface area (Å²) in [7, 11) is 0. The van der Waals surface area contributed by atoms with Gasteiger partial charge in [-0.05, 0) is 0 Å². The van der Waals surface area contributed by atoms with E-state index in [2.05, 4.69) is 35.9 Å². The third-order valence-electron chi connectivity index (χ3n) is 4.66. The van der Waals surface area contributed by atoms with Crippen LogP contribution in [0.2, 0.25) is 0 Å². The fourth-order valence-electron chi connectivity index (χ4n) is 3.38. The molecule has 0 spiro atoms. The average molecular weight is 395 g/mol. The number of nitrogens with zero attached hydrogens (tertiary/aromatic N) is 2. The van der Waals surface area contributed by atoms with Crippen molar-refractivity contribution in [2.75, 3.05) is 4.90 Å². The monoisotopic (exact) mass is 396 g/mol. The van der Waals surface area contributed by atoms with E-state index in [0.29, 0.717) is 5.92 Å². The van der Waals surface area contributed by atoms with Crippen molar-refractivity contribution in [3.63, 3.8) is 0 Å². The molecule has 3 heterocycles. The molecule has 1 atom stereocenters. The van der Waals surface area contributed by atoms with Gasteiger partial charge in [0.2, 0.25) is 0 Å². The van der Waals surface area contributed by atoms with Gasteiger partial charge in [-0.2, -0.15) is 0 Å². The molecule has 2 aliphatic heterocycles. The molecule has 5 rings (SSSR count). The first-order chi connectivity index (χ1) is 12.1. The number of para-hydroxylation sites is 1. The average Bonchev–Trinajstić information content (AvgIpc) is 2.64. The Kier molecular flexibility index (Phi) is 3.11. The molecule has 5 heteroatoms. The van der Waals surface area contributed by atoms with Crippen LogP contribution in [0.25, 0.3) is 0 Å². The molecular formula is C20H16N2O2Se. The van der Waals surface area contributed by atoms with E-state index in [-0.39, 0.29) is 0 Å². The SMILES string of the molecule is CC(C)c1ccc2c(c1)N1c3ncccc3[Se](=O)c3cccc(c31)O2. The Morgan fingerprint density at radius 3 is 2.72 bits per heavy atom. The van der Waals surface area contributed by atoms with E-state index in [1.54, 1.807) is 6.20 Å². The number of hydrogen-bond acceptors (Lipinski definition) is 4. The topological polar surface area (TPSA) is 42.4 Å². The Morgan fingerprint density at radius 2 is 1.88 bits per heavy atom. The number of aromatic nitrogens is 1. The van der Waals surface area contributed by atoms with Crippen molar-refractivity contribution in [1.82, 2.24) is 4.98 Å². The minimum absolute atomic E-state index is 0.413. The van der Waals surface area contributed by atoms with Gasteiger partial charge in [-0.15, -0.1) is 0 Å². The molecule has 0 saturated heterocycles. The van der Waals surface area contributed by atoms with Gasteiger partial charge in [0.05, 0.1) is 0 Å². The van der Waals surface area contributed by atoms with Gasteiger partial charge in [-0.3, -0.25) is 0 Å². The molecule has 4 nitrogen and oxygen atoms in total. The fourth-order valence-corrected chi connectivity index (χ4v) is 6.15. The number of benzene rings is 2. The second-order valence-corrected chi connectivity index (χ2v) is 9.49. The van der Waals surface area contributed by atoms with Crippen LogP contribution < -0.4 is 18.6 Å². The van der Waals surface area contributed by atoms with Gasteiger partial charge in [-0.25, -0.2) is 0 Å². The first-order valence-corrected chi connectivity index (χ1v) is 10.7. The predicted molar refractivity (Wildman–Crippen MR) is 98.8 cm³/mol. The van der Waals surface area contributed by atoms with E-state index >= 15 is 0 Å². The van der Waals surface area contributed by atoms with Gasteiger partial charge in [0.15, 0.2) is 0 Å². The van der Waals surface area contributed by atoms with Crippen molar-refractivity contribution >= 4 is 39.9 Å². The number of hydrogen-bond donors (Lipinski definition) is 0. The summed E-state index contributed by atoms with van der Waals surface area (Å²) in [6.45, 7) is 4.35. The summed E-state index contributed by atoms with van der Waals surface area (Å²) in [4.78, 5) is 6.68. The summed E-state index contributed by atoms with van der Waals surface area (Å²) in [5.41, 5.74) is 3.08. The van der Waals surface area contributed by atoms with Crippen molar-refractivity contribution in [3.05, 3.63) is 60.3 Å². The van der Waals surface area contributed by atoms with Crippen molar-refractivity contribution in [2.24, 2.45) is 0 Å². The summed E-state index contributed by atoms with van der Waals surface area (Å²) in [6, 6.07) is 15.8. The van der Waals surface area contributed by atoms with E-state index in [1.807, 2.05) is 36.4 Å². The Hall–Kier alpha value is -2.49. The standard InChI is InChI=1S/C20H16N2O2Se/c1-12(2)13-8-9-15-14(11-13)22-19-16(24-15)5-3-6-17(19)25(23)18-7-4-10-21-20(18)22/h3-12H,1-2H3. The summed E-state index contributed by atoms with van der Waals surface area (Å²) >= 11 is -2.36. The van der Waals surface area contributed by atoms with Crippen molar-refractivity contribution in [2.45, 2.75) is 19.8 Å². The first-order valence-electron chi connectivity index (χ1n) is 8.27.